The van der Waals surface area contributed by atoms with Crippen LogP contribution in [-0.4, -0.2) is 12.6 Å². The first-order chi connectivity index (χ1) is 8.72. The van der Waals surface area contributed by atoms with Crippen molar-refractivity contribution in [1.29, 1.82) is 0 Å². The minimum atomic E-state index is 0.664. The molecule has 1 heteroatoms. The van der Waals surface area contributed by atoms with Gasteiger partial charge in [-0.2, -0.15) is 0 Å². The lowest BCUT2D eigenvalue weighted by molar-refractivity contribution is 0.409. The Morgan fingerprint density at radius 1 is 1.06 bits per heavy atom. The van der Waals surface area contributed by atoms with Gasteiger partial charge < -0.3 is 5.32 Å². The van der Waals surface area contributed by atoms with E-state index in [1.165, 1.54) is 37.7 Å². The summed E-state index contributed by atoms with van der Waals surface area (Å²) in [7, 11) is 0. The molecule has 1 rings (SSSR count). The molecular formula is C17H29N. The highest BCUT2D eigenvalue weighted by molar-refractivity contribution is 5.14. The first-order valence-electron chi connectivity index (χ1n) is 7.49. The van der Waals surface area contributed by atoms with Crippen molar-refractivity contribution >= 4 is 0 Å². The van der Waals surface area contributed by atoms with Crippen LogP contribution in [0.5, 0.6) is 0 Å². The Balaban J connectivity index is 2.02. The maximum Gasteiger partial charge on any atom is 0.00412 e. The molecule has 1 aromatic carbocycles. The predicted molar refractivity (Wildman–Crippen MR) is 80.9 cm³/mol. The molecule has 102 valence electrons. The molecule has 0 bridgehead atoms. The van der Waals surface area contributed by atoms with Gasteiger partial charge in [0.1, 0.15) is 0 Å². The van der Waals surface area contributed by atoms with E-state index in [0.717, 1.165) is 12.5 Å². The number of benzene rings is 1. The zero-order valence-corrected chi connectivity index (χ0v) is 12.3. The molecule has 0 fully saturated rings. The molecule has 0 radical (unpaired) electrons. The van der Waals surface area contributed by atoms with Crippen LogP contribution in [0.1, 0.15) is 52.0 Å². The zero-order chi connectivity index (χ0) is 13.2. The number of rotatable bonds is 9. The fourth-order valence-corrected chi connectivity index (χ4v) is 2.30. The van der Waals surface area contributed by atoms with Gasteiger partial charge >= 0.3 is 0 Å². The summed E-state index contributed by atoms with van der Waals surface area (Å²) in [5.74, 6) is 0.844. The maximum atomic E-state index is 3.63. The Kier molecular flexibility index (Phi) is 7.75. The number of unbranched alkanes of at least 4 members (excludes halogenated alkanes) is 1. The van der Waals surface area contributed by atoms with Crippen molar-refractivity contribution in [3.05, 3.63) is 35.9 Å². The second-order valence-corrected chi connectivity index (χ2v) is 5.55. The molecule has 0 saturated carbocycles. The van der Waals surface area contributed by atoms with Gasteiger partial charge in [0.25, 0.3) is 0 Å². The van der Waals surface area contributed by atoms with Crippen LogP contribution in [-0.2, 0) is 6.42 Å². The number of nitrogens with one attached hydrogen (secondary N) is 1. The van der Waals surface area contributed by atoms with E-state index in [4.69, 9.17) is 0 Å². The SMILES string of the molecule is CCC(C)CC(C)NCCCCc1ccccc1. The predicted octanol–water partition coefficient (Wildman–Crippen LogP) is 4.42. The van der Waals surface area contributed by atoms with Gasteiger partial charge in [0, 0.05) is 6.04 Å². The van der Waals surface area contributed by atoms with Gasteiger partial charge in [0.2, 0.25) is 0 Å². The summed E-state index contributed by atoms with van der Waals surface area (Å²) in [5.41, 5.74) is 1.46. The molecule has 0 aromatic heterocycles. The monoisotopic (exact) mass is 247 g/mol. The second-order valence-electron chi connectivity index (χ2n) is 5.55. The summed E-state index contributed by atoms with van der Waals surface area (Å²) in [4.78, 5) is 0. The van der Waals surface area contributed by atoms with Crippen LogP contribution in [0.3, 0.4) is 0 Å². The zero-order valence-electron chi connectivity index (χ0n) is 12.3. The molecule has 0 amide bonds. The van der Waals surface area contributed by atoms with Gasteiger partial charge in [-0.25, -0.2) is 0 Å². The average molecular weight is 247 g/mol. The third-order valence-electron chi connectivity index (χ3n) is 3.68. The molecule has 0 aliphatic carbocycles. The topological polar surface area (TPSA) is 12.0 Å². The van der Waals surface area contributed by atoms with Crippen molar-refractivity contribution in [2.24, 2.45) is 5.92 Å². The fraction of sp³-hybridized carbons (Fsp3) is 0.647. The summed E-state index contributed by atoms with van der Waals surface area (Å²) in [5, 5.41) is 3.63. The number of hydrogen-bond donors (Lipinski definition) is 1. The fourth-order valence-electron chi connectivity index (χ4n) is 2.30. The smallest absolute Gasteiger partial charge is 0.00412 e. The summed E-state index contributed by atoms with van der Waals surface area (Å²) < 4.78 is 0. The highest BCUT2D eigenvalue weighted by atomic mass is 14.9. The first-order valence-corrected chi connectivity index (χ1v) is 7.49. The molecule has 0 aliphatic heterocycles. The lowest BCUT2D eigenvalue weighted by Gasteiger charge is -2.17. The van der Waals surface area contributed by atoms with E-state index in [-0.39, 0.29) is 0 Å². The van der Waals surface area contributed by atoms with Crippen LogP contribution in [0.2, 0.25) is 0 Å². The Hall–Kier alpha value is -0.820. The van der Waals surface area contributed by atoms with E-state index in [2.05, 4.69) is 56.4 Å². The molecule has 0 spiro atoms. The Morgan fingerprint density at radius 2 is 1.78 bits per heavy atom. The molecule has 0 saturated heterocycles. The lowest BCUT2D eigenvalue weighted by atomic mass is 10.0. The van der Waals surface area contributed by atoms with Gasteiger partial charge in [0.15, 0.2) is 0 Å². The molecule has 1 nitrogen and oxygen atoms in total. The van der Waals surface area contributed by atoms with E-state index in [0.29, 0.717) is 6.04 Å². The van der Waals surface area contributed by atoms with E-state index in [1.54, 1.807) is 0 Å². The van der Waals surface area contributed by atoms with Crippen molar-refractivity contribution in [2.75, 3.05) is 6.54 Å². The van der Waals surface area contributed by atoms with Crippen molar-refractivity contribution in [1.82, 2.24) is 5.32 Å². The maximum absolute atomic E-state index is 3.63. The van der Waals surface area contributed by atoms with Gasteiger partial charge in [-0.1, -0.05) is 50.6 Å². The molecule has 2 atom stereocenters. The van der Waals surface area contributed by atoms with Crippen LogP contribution in [0.4, 0.5) is 0 Å². The van der Waals surface area contributed by atoms with Gasteiger partial charge in [0.05, 0.1) is 0 Å². The van der Waals surface area contributed by atoms with Crippen LogP contribution in [0, 0.1) is 5.92 Å². The third kappa shape index (κ3) is 6.80. The van der Waals surface area contributed by atoms with E-state index >= 15 is 0 Å². The van der Waals surface area contributed by atoms with Crippen molar-refractivity contribution in [2.45, 2.75) is 58.9 Å². The van der Waals surface area contributed by atoms with E-state index in [1.807, 2.05) is 0 Å². The lowest BCUT2D eigenvalue weighted by Crippen LogP contribution is -2.28. The van der Waals surface area contributed by atoms with Gasteiger partial charge in [-0.05, 0) is 50.6 Å². The average Bonchev–Trinajstić information content (AvgIpc) is 2.39. The standard InChI is InChI=1S/C17H29N/c1-4-15(2)14-16(3)18-13-9-8-12-17-10-6-5-7-11-17/h5-7,10-11,15-16,18H,4,8-9,12-14H2,1-3H3. The number of aryl methyl sites for hydroxylation is 1. The summed E-state index contributed by atoms with van der Waals surface area (Å²) in [6, 6.07) is 11.4. The molecule has 1 aromatic rings. The van der Waals surface area contributed by atoms with Crippen LogP contribution < -0.4 is 5.32 Å². The highest BCUT2D eigenvalue weighted by Gasteiger charge is 2.05. The minimum absolute atomic E-state index is 0.664. The molecule has 2 unspecified atom stereocenters. The van der Waals surface area contributed by atoms with Crippen LogP contribution >= 0.6 is 0 Å². The molecule has 18 heavy (non-hydrogen) atoms. The van der Waals surface area contributed by atoms with Crippen molar-refractivity contribution in [3.8, 4) is 0 Å². The third-order valence-corrected chi connectivity index (χ3v) is 3.68. The summed E-state index contributed by atoms with van der Waals surface area (Å²) in [6.45, 7) is 8.08. The van der Waals surface area contributed by atoms with Crippen LogP contribution in [0.15, 0.2) is 30.3 Å². The van der Waals surface area contributed by atoms with E-state index < -0.39 is 0 Å². The highest BCUT2D eigenvalue weighted by Crippen LogP contribution is 2.09. The normalized spacial score (nSPS) is 14.4. The Labute approximate surface area is 113 Å². The number of hydrogen-bond acceptors (Lipinski definition) is 1. The summed E-state index contributed by atoms with van der Waals surface area (Å²) in [6.07, 6.45) is 6.37. The van der Waals surface area contributed by atoms with E-state index in [9.17, 15) is 0 Å². The quantitative estimate of drug-likeness (QED) is 0.637. The Bertz CT molecular complexity index is 294. The first kappa shape index (κ1) is 15.2. The largest absolute Gasteiger partial charge is 0.314 e. The van der Waals surface area contributed by atoms with Gasteiger partial charge in [-0.15, -0.1) is 0 Å². The Morgan fingerprint density at radius 3 is 2.44 bits per heavy atom. The minimum Gasteiger partial charge on any atom is -0.314 e. The summed E-state index contributed by atoms with van der Waals surface area (Å²) >= 11 is 0. The van der Waals surface area contributed by atoms with Crippen LogP contribution in [0.25, 0.3) is 0 Å². The molecule has 1 N–H and O–H groups in total. The molecule has 0 heterocycles. The molecular weight excluding hydrogens is 218 g/mol. The van der Waals surface area contributed by atoms with Gasteiger partial charge in [-0.3, -0.25) is 0 Å². The second kappa shape index (κ2) is 9.16. The van der Waals surface area contributed by atoms with Crippen molar-refractivity contribution in [3.63, 3.8) is 0 Å². The molecule has 0 aliphatic rings. The van der Waals surface area contributed by atoms with Crippen molar-refractivity contribution < 1.29 is 0 Å².